The van der Waals surface area contributed by atoms with Gasteiger partial charge in [0, 0.05) is 13.1 Å². The lowest BCUT2D eigenvalue weighted by Crippen LogP contribution is -2.25. The third-order valence-electron chi connectivity index (χ3n) is 2.59. The molecule has 0 radical (unpaired) electrons. The number of hydrogen-bond acceptors (Lipinski definition) is 4. The van der Waals surface area contributed by atoms with E-state index in [9.17, 15) is 17.8 Å². The summed E-state index contributed by atoms with van der Waals surface area (Å²) in [7, 11) is -4.60. The first-order chi connectivity index (χ1) is 8.32. The Morgan fingerprint density at radius 3 is 2.22 bits per heavy atom. The van der Waals surface area contributed by atoms with Crippen LogP contribution in [-0.2, 0) is 10.1 Å². The van der Waals surface area contributed by atoms with E-state index < -0.39 is 26.5 Å². The minimum Gasteiger partial charge on any atom is -0.478 e. The Labute approximate surface area is 106 Å². The van der Waals surface area contributed by atoms with Crippen LogP contribution in [0, 0.1) is 0 Å². The quantitative estimate of drug-likeness (QED) is 0.789. The first-order valence-corrected chi connectivity index (χ1v) is 6.85. The fourth-order valence-corrected chi connectivity index (χ4v) is 2.67. The van der Waals surface area contributed by atoms with Gasteiger partial charge in [-0.2, -0.15) is 8.42 Å². The molecule has 0 spiro atoms. The zero-order valence-corrected chi connectivity index (χ0v) is 10.9. The van der Waals surface area contributed by atoms with Crippen molar-refractivity contribution < 1.29 is 22.9 Å². The van der Waals surface area contributed by atoms with Crippen LogP contribution in [-0.4, -0.2) is 37.1 Å². The number of nitrogens with zero attached hydrogens (tertiary/aromatic N) is 1. The SMILES string of the molecule is CCN(CC)c1cccc(C(=O)O)c1S(=O)(=O)O. The molecule has 0 heterocycles. The van der Waals surface area contributed by atoms with Crippen molar-refractivity contribution in [3.63, 3.8) is 0 Å². The van der Waals surface area contributed by atoms with E-state index in [1.54, 1.807) is 4.90 Å². The van der Waals surface area contributed by atoms with Crippen molar-refractivity contribution in [1.82, 2.24) is 0 Å². The summed E-state index contributed by atoms with van der Waals surface area (Å²) in [6.45, 7) is 4.62. The van der Waals surface area contributed by atoms with E-state index in [1.807, 2.05) is 13.8 Å². The van der Waals surface area contributed by atoms with Crippen molar-refractivity contribution in [2.24, 2.45) is 0 Å². The molecule has 0 aliphatic carbocycles. The van der Waals surface area contributed by atoms with Crippen LogP contribution in [0.4, 0.5) is 5.69 Å². The fourth-order valence-electron chi connectivity index (χ4n) is 1.78. The highest BCUT2D eigenvalue weighted by Crippen LogP contribution is 2.28. The summed E-state index contributed by atoms with van der Waals surface area (Å²) >= 11 is 0. The van der Waals surface area contributed by atoms with Crippen LogP contribution in [0.1, 0.15) is 24.2 Å². The summed E-state index contributed by atoms with van der Waals surface area (Å²) < 4.78 is 32.0. The highest BCUT2D eigenvalue weighted by Gasteiger charge is 2.25. The molecule has 6 nitrogen and oxygen atoms in total. The van der Waals surface area contributed by atoms with Gasteiger partial charge < -0.3 is 10.0 Å². The molecule has 1 rings (SSSR count). The van der Waals surface area contributed by atoms with Crippen LogP contribution >= 0.6 is 0 Å². The van der Waals surface area contributed by atoms with Gasteiger partial charge in [0.2, 0.25) is 0 Å². The molecule has 0 aliphatic rings. The van der Waals surface area contributed by atoms with Crippen LogP contribution < -0.4 is 4.90 Å². The summed E-state index contributed by atoms with van der Waals surface area (Å²) in [6.07, 6.45) is 0. The average Bonchev–Trinajstić information content (AvgIpc) is 2.29. The van der Waals surface area contributed by atoms with E-state index in [4.69, 9.17) is 5.11 Å². The van der Waals surface area contributed by atoms with Gasteiger partial charge in [-0.3, -0.25) is 4.55 Å². The molecule has 0 saturated carbocycles. The van der Waals surface area contributed by atoms with E-state index >= 15 is 0 Å². The van der Waals surface area contributed by atoms with Gasteiger partial charge in [-0.15, -0.1) is 0 Å². The molecule has 2 N–H and O–H groups in total. The van der Waals surface area contributed by atoms with Crippen LogP contribution in [0.5, 0.6) is 0 Å². The van der Waals surface area contributed by atoms with Gasteiger partial charge in [0.05, 0.1) is 11.3 Å². The van der Waals surface area contributed by atoms with Crippen LogP contribution in [0.25, 0.3) is 0 Å². The van der Waals surface area contributed by atoms with E-state index in [0.717, 1.165) is 6.07 Å². The van der Waals surface area contributed by atoms with E-state index in [-0.39, 0.29) is 5.69 Å². The van der Waals surface area contributed by atoms with E-state index in [2.05, 4.69) is 0 Å². The highest BCUT2D eigenvalue weighted by atomic mass is 32.2. The monoisotopic (exact) mass is 273 g/mol. The topological polar surface area (TPSA) is 94.9 Å². The maximum Gasteiger partial charge on any atom is 0.337 e. The van der Waals surface area contributed by atoms with Gasteiger partial charge in [0.15, 0.2) is 0 Å². The van der Waals surface area contributed by atoms with Gasteiger partial charge in [0.1, 0.15) is 4.90 Å². The number of hydrogen-bond donors (Lipinski definition) is 2. The lowest BCUT2D eigenvalue weighted by molar-refractivity contribution is 0.0692. The molecule has 0 atom stereocenters. The van der Waals surface area contributed by atoms with Gasteiger partial charge in [0.25, 0.3) is 10.1 Å². The molecule has 7 heteroatoms. The molecule has 1 aromatic carbocycles. The minimum atomic E-state index is -4.60. The summed E-state index contributed by atoms with van der Waals surface area (Å²) in [5.74, 6) is -1.39. The number of rotatable bonds is 5. The molecule has 0 amide bonds. The highest BCUT2D eigenvalue weighted by molar-refractivity contribution is 7.86. The Bertz CT molecular complexity index is 549. The number of anilines is 1. The largest absolute Gasteiger partial charge is 0.478 e. The average molecular weight is 273 g/mol. The summed E-state index contributed by atoms with van der Waals surface area (Å²) in [5, 5.41) is 8.99. The maximum absolute atomic E-state index is 11.4. The van der Waals surface area contributed by atoms with Crippen molar-refractivity contribution in [2.75, 3.05) is 18.0 Å². The maximum atomic E-state index is 11.4. The number of carbonyl (C=O) groups is 1. The lowest BCUT2D eigenvalue weighted by Gasteiger charge is -2.23. The molecule has 0 aromatic heterocycles. The molecule has 0 unspecified atom stereocenters. The minimum absolute atomic E-state index is 0.197. The molecule has 0 fully saturated rings. The summed E-state index contributed by atoms with van der Waals surface area (Å²) in [5.41, 5.74) is -0.232. The zero-order valence-electron chi connectivity index (χ0n) is 10.1. The van der Waals surface area contributed by atoms with Crippen LogP contribution in [0.2, 0.25) is 0 Å². The molecular weight excluding hydrogens is 258 g/mol. The second-order valence-corrected chi connectivity index (χ2v) is 4.96. The lowest BCUT2D eigenvalue weighted by atomic mass is 10.2. The number of carboxylic acids is 1. The van der Waals surface area contributed by atoms with Gasteiger partial charge in [-0.1, -0.05) is 6.07 Å². The Kier molecular flexibility index (Phi) is 4.31. The van der Waals surface area contributed by atoms with Gasteiger partial charge in [-0.05, 0) is 26.0 Å². The van der Waals surface area contributed by atoms with Crippen LogP contribution in [0.15, 0.2) is 23.1 Å². The number of carboxylic acid groups (broad SMARTS) is 1. The van der Waals surface area contributed by atoms with Gasteiger partial charge in [-0.25, -0.2) is 4.79 Å². The molecule has 100 valence electrons. The number of benzene rings is 1. The van der Waals surface area contributed by atoms with E-state index in [0.29, 0.717) is 13.1 Å². The second-order valence-electron chi connectivity index (χ2n) is 3.61. The van der Waals surface area contributed by atoms with Crippen LogP contribution in [0.3, 0.4) is 0 Å². The predicted octanol–water partition coefficient (Wildman–Crippen LogP) is 1.48. The van der Waals surface area contributed by atoms with E-state index in [1.165, 1.54) is 12.1 Å². The number of aromatic carboxylic acids is 1. The van der Waals surface area contributed by atoms with Crippen molar-refractivity contribution in [3.05, 3.63) is 23.8 Å². The Hall–Kier alpha value is -1.60. The smallest absolute Gasteiger partial charge is 0.337 e. The molecule has 0 bridgehead atoms. The zero-order chi connectivity index (χ0) is 13.9. The first kappa shape index (κ1) is 14.5. The molecule has 0 saturated heterocycles. The third-order valence-corrected chi connectivity index (χ3v) is 3.53. The van der Waals surface area contributed by atoms with Crippen molar-refractivity contribution >= 4 is 21.8 Å². The Balaban J connectivity index is 3.63. The first-order valence-electron chi connectivity index (χ1n) is 5.41. The Morgan fingerprint density at radius 2 is 1.83 bits per heavy atom. The molecule has 18 heavy (non-hydrogen) atoms. The fraction of sp³-hybridized carbons (Fsp3) is 0.364. The molecule has 0 aliphatic heterocycles. The predicted molar refractivity (Wildman–Crippen MR) is 66.8 cm³/mol. The summed E-state index contributed by atoms with van der Waals surface area (Å²) in [6, 6.07) is 4.08. The third kappa shape index (κ3) is 2.80. The second kappa shape index (κ2) is 5.36. The molecule has 1 aromatic rings. The standard InChI is InChI=1S/C11H15NO5S/c1-3-12(4-2)9-7-5-6-8(11(13)14)10(9)18(15,16)17/h5-7H,3-4H2,1-2H3,(H,13,14)(H,15,16,17). The Morgan fingerprint density at radius 1 is 1.28 bits per heavy atom. The normalized spacial score (nSPS) is 11.3. The van der Waals surface area contributed by atoms with Crippen molar-refractivity contribution in [2.45, 2.75) is 18.7 Å². The van der Waals surface area contributed by atoms with Crippen molar-refractivity contribution in [3.8, 4) is 0 Å². The molecular formula is C11H15NO5S. The van der Waals surface area contributed by atoms with Crippen molar-refractivity contribution in [1.29, 1.82) is 0 Å². The van der Waals surface area contributed by atoms with Gasteiger partial charge >= 0.3 is 5.97 Å². The summed E-state index contributed by atoms with van der Waals surface area (Å²) in [4.78, 5) is 12.1.